The summed E-state index contributed by atoms with van der Waals surface area (Å²) in [6.45, 7) is 3.59. The summed E-state index contributed by atoms with van der Waals surface area (Å²) in [6.07, 6.45) is 1.45. The standard InChI is InChI=1S/C14H14ClN7O/c1-8(2)14(23)18-12-4-3-10(5-11(12)15)17-7-9(6-16)13-19-21-22-20-13/h3-5,7-8,17H,1-2H3,(H,18,23)(H,19,20,21,22). The van der Waals surface area contributed by atoms with Gasteiger partial charge in [-0.25, -0.2) is 0 Å². The molecule has 0 spiro atoms. The summed E-state index contributed by atoms with van der Waals surface area (Å²) in [7, 11) is 0. The molecule has 0 aliphatic heterocycles. The zero-order chi connectivity index (χ0) is 16.8. The maximum absolute atomic E-state index is 11.7. The number of H-pyrrole nitrogens is 1. The lowest BCUT2D eigenvalue weighted by atomic mass is 10.2. The molecule has 0 aliphatic rings. The van der Waals surface area contributed by atoms with Crippen molar-refractivity contribution in [1.29, 1.82) is 5.26 Å². The van der Waals surface area contributed by atoms with E-state index < -0.39 is 0 Å². The first-order valence-electron chi connectivity index (χ1n) is 6.72. The molecule has 1 aromatic carbocycles. The number of hydrogen-bond acceptors (Lipinski definition) is 6. The molecule has 2 aromatic rings. The Morgan fingerprint density at radius 1 is 1.48 bits per heavy atom. The van der Waals surface area contributed by atoms with Crippen LogP contribution in [-0.4, -0.2) is 26.5 Å². The molecule has 0 aliphatic carbocycles. The molecule has 0 fully saturated rings. The van der Waals surface area contributed by atoms with E-state index in [1.807, 2.05) is 6.07 Å². The van der Waals surface area contributed by atoms with Crippen LogP contribution in [0, 0.1) is 17.2 Å². The van der Waals surface area contributed by atoms with Crippen LogP contribution in [0.3, 0.4) is 0 Å². The van der Waals surface area contributed by atoms with Gasteiger partial charge in [0.05, 0.1) is 10.7 Å². The number of nitriles is 1. The molecule has 8 nitrogen and oxygen atoms in total. The minimum absolute atomic E-state index is 0.114. The average Bonchev–Trinajstić information content (AvgIpc) is 3.04. The Labute approximate surface area is 137 Å². The summed E-state index contributed by atoms with van der Waals surface area (Å²) in [5.41, 5.74) is 1.39. The van der Waals surface area contributed by atoms with Gasteiger partial charge in [0, 0.05) is 17.8 Å². The number of allylic oxidation sites excluding steroid dienone is 1. The zero-order valence-corrected chi connectivity index (χ0v) is 13.2. The fourth-order valence-corrected chi connectivity index (χ4v) is 1.79. The number of nitrogens with zero attached hydrogens (tertiary/aromatic N) is 4. The number of rotatable bonds is 5. The maximum Gasteiger partial charge on any atom is 0.226 e. The van der Waals surface area contributed by atoms with E-state index in [-0.39, 0.29) is 23.2 Å². The number of benzene rings is 1. The van der Waals surface area contributed by atoms with E-state index >= 15 is 0 Å². The number of nitrogens with one attached hydrogen (secondary N) is 3. The second-order valence-electron chi connectivity index (χ2n) is 4.89. The lowest BCUT2D eigenvalue weighted by Gasteiger charge is -2.10. The Balaban J connectivity index is 2.12. The minimum atomic E-state index is -0.139. The van der Waals surface area contributed by atoms with Crippen molar-refractivity contribution >= 4 is 34.5 Å². The van der Waals surface area contributed by atoms with Crippen molar-refractivity contribution in [3.63, 3.8) is 0 Å². The van der Waals surface area contributed by atoms with Crippen molar-refractivity contribution in [3.05, 3.63) is 35.2 Å². The van der Waals surface area contributed by atoms with Crippen LogP contribution in [0.2, 0.25) is 5.02 Å². The highest BCUT2D eigenvalue weighted by molar-refractivity contribution is 6.34. The van der Waals surface area contributed by atoms with Gasteiger partial charge in [-0.05, 0) is 23.4 Å². The monoisotopic (exact) mass is 331 g/mol. The maximum atomic E-state index is 11.7. The Bertz CT molecular complexity index is 762. The number of aromatic amines is 1. The zero-order valence-electron chi connectivity index (χ0n) is 12.5. The second-order valence-corrected chi connectivity index (χ2v) is 5.30. The Morgan fingerprint density at radius 3 is 2.83 bits per heavy atom. The summed E-state index contributed by atoms with van der Waals surface area (Å²) < 4.78 is 0. The minimum Gasteiger partial charge on any atom is -0.360 e. The van der Waals surface area contributed by atoms with Gasteiger partial charge in [0.25, 0.3) is 0 Å². The Morgan fingerprint density at radius 2 is 2.26 bits per heavy atom. The lowest BCUT2D eigenvalue weighted by molar-refractivity contribution is -0.118. The molecule has 0 saturated carbocycles. The normalized spacial score (nSPS) is 11.2. The second kappa shape index (κ2) is 7.38. The summed E-state index contributed by atoms with van der Waals surface area (Å²) in [5.74, 6) is -0.0664. The predicted molar refractivity (Wildman–Crippen MR) is 86.3 cm³/mol. The third kappa shape index (κ3) is 4.28. The van der Waals surface area contributed by atoms with E-state index in [4.69, 9.17) is 16.9 Å². The fraction of sp³-hybridized carbons (Fsp3) is 0.214. The molecule has 23 heavy (non-hydrogen) atoms. The predicted octanol–water partition coefficient (Wildman–Crippen LogP) is 2.42. The molecular formula is C14H14ClN7O. The van der Waals surface area contributed by atoms with Crippen molar-refractivity contribution in [2.24, 2.45) is 5.92 Å². The number of amides is 1. The van der Waals surface area contributed by atoms with Crippen molar-refractivity contribution in [1.82, 2.24) is 20.6 Å². The number of carbonyl (C=O) groups excluding carboxylic acids is 1. The van der Waals surface area contributed by atoms with Gasteiger partial charge >= 0.3 is 0 Å². The summed E-state index contributed by atoms with van der Waals surface area (Å²) in [5, 5.41) is 28.2. The van der Waals surface area contributed by atoms with Gasteiger partial charge in [0.15, 0.2) is 0 Å². The van der Waals surface area contributed by atoms with E-state index in [1.165, 1.54) is 6.20 Å². The van der Waals surface area contributed by atoms with Gasteiger partial charge in [-0.3, -0.25) is 4.79 Å². The molecule has 2 rings (SSSR count). The van der Waals surface area contributed by atoms with E-state index in [0.29, 0.717) is 16.4 Å². The topological polar surface area (TPSA) is 119 Å². The molecule has 0 bridgehead atoms. The van der Waals surface area contributed by atoms with E-state index in [0.717, 1.165) is 0 Å². The first kappa shape index (κ1) is 16.5. The number of carbonyl (C=O) groups is 1. The molecule has 0 saturated heterocycles. The SMILES string of the molecule is CC(C)C(=O)Nc1ccc(NC=C(C#N)c2nn[nH]n2)cc1Cl. The smallest absolute Gasteiger partial charge is 0.226 e. The molecule has 0 atom stereocenters. The third-order valence-corrected chi connectivity index (χ3v) is 3.15. The average molecular weight is 332 g/mol. The van der Waals surface area contributed by atoms with Gasteiger partial charge in [-0.1, -0.05) is 25.4 Å². The molecule has 0 unspecified atom stereocenters. The van der Waals surface area contributed by atoms with Gasteiger partial charge in [0.1, 0.15) is 11.6 Å². The molecular weight excluding hydrogens is 318 g/mol. The number of hydrogen-bond donors (Lipinski definition) is 3. The van der Waals surface area contributed by atoms with Crippen molar-refractivity contribution in [2.75, 3.05) is 10.6 Å². The van der Waals surface area contributed by atoms with E-state index in [9.17, 15) is 4.79 Å². The van der Waals surface area contributed by atoms with Crippen molar-refractivity contribution < 1.29 is 4.79 Å². The summed E-state index contributed by atoms with van der Waals surface area (Å²) >= 11 is 6.15. The van der Waals surface area contributed by atoms with Gasteiger partial charge in [0.2, 0.25) is 11.7 Å². The number of anilines is 2. The molecule has 118 valence electrons. The van der Waals surface area contributed by atoms with Crippen LogP contribution in [0.5, 0.6) is 0 Å². The Hall–Kier alpha value is -2.92. The van der Waals surface area contributed by atoms with Crippen LogP contribution in [0.4, 0.5) is 11.4 Å². The van der Waals surface area contributed by atoms with E-state index in [2.05, 4.69) is 31.3 Å². The van der Waals surface area contributed by atoms with Crippen LogP contribution >= 0.6 is 11.6 Å². The van der Waals surface area contributed by atoms with Gasteiger partial charge in [-0.15, -0.1) is 10.2 Å². The van der Waals surface area contributed by atoms with Crippen LogP contribution in [0.25, 0.3) is 5.57 Å². The molecule has 0 radical (unpaired) electrons. The highest BCUT2D eigenvalue weighted by Crippen LogP contribution is 2.26. The van der Waals surface area contributed by atoms with Gasteiger partial charge in [-0.2, -0.15) is 10.5 Å². The number of tetrazole rings is 1. The summed E-state index contributed by atoms with van der Waals surface area (Å²) in [4.78, 5) is 11.7. The van der Waals surface area contributed by atoms with Gasteiger partial charge < -0.3 is 10.6 Å². The summed E-state index contributed by atoms with van der Waals surface area (Å²) in [6, 6.07) is 7.01. The highest BCUT2D eigenvalue weighted by Gasteiger charge is 2.10. The molecule has 1 heterocycles. The number of halogens is 1. The lowest BCUT2D eigenvalue weighted by Crippen LogP contribution is -2.17. The Kier molecular flexibility index (Phi) is 5.28. The molecule has 1 amide bonds. The fourth-order valence-electron chi connectivity index (χ4n) is 1.56. The van der Waals surface area contributed by atoms with Crippen LogP contribution in [-0.2, 0) is 4.79 Å². The van der Waals surface area contributed by atoms with Crippen LogP contribution in [0.15, 0.2) is 24.4 Å². The largest absolute Gasteiger partial charge is 0.360 e. The molecule has 1 aromatic heterocycles. The highest BCUT2D eigenvalue weighted by atomic mass is 35.5. The van der Waals surface area contributed by atoms with Crippen molar-refractivity contribution in [2.45, 2.75) is 13.8 Å². The molecule has 3 N–H and O–H groups in total. The number of aromatic nitrogens is 4. The first-order valence-corrected chi connectivity index (χ1v) is 7.10. The van der Waals surface area contributed by atoms with E-state index in [1.54, 1.807) is 32.0 Å². The van der Waals surface area contributed by atoms with Crippen molar-refractivity contribution in [3.8, 4) is 6.07 Å². The molecule has 9 heteroatoms. The van der Waals surface area contributed by atoms with Crippen LogP contribution in [0.1, 0.15) is 19.7 Å². The quantitative estimate of drug-likeness (QED) is 0.724. The first-order chi connectivity index (χ1) is 11.0. The van der Waals surface area contributed by atoms with Crippen LogP contribution < -0.4 is 10.6 Å². The third-order valence-electron chi connectivity index (χ3n) is 2.84.